The lowest BCUT2D eigenvalue weighted by Gasteiger charge is -2.01. The maximum atomic E-state index is 5.52. The van der Waals surface area contributed by atoms with Gasteiger partial charge in [-0.3, -0.25) is 0 Å². The SMILES string of the molecule is BrC1Cc2cc3ccccc3nc2O1. The molecule has 0 aliphatic carbocycles. The van der Waals surface area contributed by atoms with Crippen molar-refractivity contribution in [2.24, 2.45) is 0 Å². The molecule has 0 saturated carbocycles. The van der Waals surface area contributed by atoms with E-state index in [1.54, 1.807) is 0 Å². The third kappa shape index (κ3) is 1.20. The molecular formula is C11H8BrNO. The molecule has 0 N–H and O–H groups in total. The van der Waals surface area contributed by atoms with Crippen LogP contribution in [0.1, 0.15) is 5.56 Å². The quantitative estimate of drug-likeness (QED) is 0.670. The lowest BCUT2D eigenvalue weighted by atomic mass is 10.1. The molecule has 2 heterocycles. The van der Waals surface area contributed by atoms with Gasteiger partial charge in [-0.25, -0.2) is 4.98 Å². The molecular weight excluding hydrogens is 242 g/mol. The molecule has 1 aromatic carbocycles. The van der Waals surface area contributed by atoms with Crippen LogP contribution in [-0.2, 0) is 6.42 Å². The van der Waals surface area contributed by atoms with Gasteiger partial charge in [-0.1, -0.05) is 18.2 Å². The van der Waals surface area contributed by atoms with Gasteiger partial charge in [0, 0.05) is 17.4 Å². The topological polar surface area (TPSA) is 22.1 Å². The number of hydrogen-bond donors (Lipinski definition) is 0. The third-order valence-electron chi connectivity index (χ3n) is 2.38. The van der Waals surface area contributed by atoms with Crippen molar-refractivity contribution in [2.45, 2.75) is 11.4 Å². The van der Waals surface area contributed by atoms with Crippen LogP contribution in [-0.4, -0.2) is 10.00 Å². The Hall–Kier alpha value is -1.09. The molecule has 0 saturated heterocycles. The van der Waals surface area contributed by atoms with Gasteiger partial charge in [0.15, 0.2) is 5.01 Å². The van der Waals surface area contributed by atoms with Gasteiger partial charge >= 0.3 is 0 Å². The van der Waals surface area contributed by atoms with Crippen molar-refractivity contribution in [3.63, 3.8) is 0 Å². The van der Waals surface area contributed by atoms with Crippen LogP contribution in [0.3, 0.4) is 0 Å². The van der Waals surface area contributed by atoms with Crippen LogP contribution in [0.2, 0.25) is 0 Å². The number of pyridine rings is 1. The summed E-state index contributed by atoms with van der Waals surface area (Å²) in [5.74, 6) is 0.769. The number of fused-ring (bicyclic) bond motifs is 2. The van der Waals surface area contributed by atoms with Gasteiger partial charge in [0.25, 0.3) is 0 Å². The Morgan fingerprint density at radius 3 is 3.14 bits per heavy atom. The van der Waals surface area contributed by atoms with Crippen molar-refractivity contribution < 1.29 is 4.74 Å². The number of alkyl halides is 1. The molecule has 1 atom stereocenters. The number of ether oxygens (including phenoxy) is 1. The zero-order valence-electron chi connectivity index (χ0n) is 7.40. The average Bonchev–Trinajstić information content (AvgIpc) is 2.53. The summed E-state index contributed by atoms with van der Waals surface area (Å²) < 4.78 is 5.52. The van der Waals surface area contributed by atoms with Crippen molar-refractivity contribution in [1.29, 1.82) is 0 Å². The number of halogens is 1. The van der Waals surface area contributed by atoms with E-state index in [0.717, 1.165) is 17.8 Å². The maximum Gasteiger partial charge on any atom is 0.218 e. The minimum Gasteiger partial charge on any atom is -0.462 e. The number of benzene rings is 1. The van der Waals surface area contributed by atoms with Gasteiger partial charge in [-0.2, -0.15) is 0 Å². The second kappa shape index (κ2) is 2.95. The van der Waals surface area contributed by atoms with E-state index in [2.05, 4.69) is 33.0 Å². The Balaban J connectivity index is 2.27. The van der Waals surface area contributed by atoms with Gasteiger partial charge in [0.05, 0.1) is 5.52 Å². The first-order chi connectivity index (χ1) is 6.83. The van der Waals surface area contributed by atoms with Crippen LogP contribution in [0.4, 0.5) is 0 Å². The van der Waals surface area contributed by atoms with E-state index in [9.17, 15) is 0 Å². The molecule has 0 bridgehead atoms. The predicted octanol–water partition coefficient (Wildman–Crippen LogP) is 2.89. The van der Waals surface area contributed by atoms with Gasteiger partial charge in [-0.15, -0.1) is 0 Å². The second-order valence-corrected chi connectivity index (χ2v) is 4.40. The summed E-state index contributed by atoms with van der Waals surface area (Å²) in [6.45, 7) is 0. The summed E-state index contributed by atoms with van der Waals surface area (Å²) >= 11 is 3.43. The van der Waals surface area contributed by atoms with Crippen molar-refractivity contribution in [3.05, 3.63) is 35.9 Å². The summed E-state index contributed by atoms with van der Waals surface area (Å²) in [7, 11) is 0. The zero-order valence-corrected chi connectivity index (χ0v) is 8.99. The highest BCUT2D eigenvalue weighted by atomic mass is 79.9. The largest absolute Gasteiger partial charge is 0.462 e. The Labute approximate surface area is 90.0 Å². The van der Waals surface area contributed by atoms with Crippen molar-refractivity contribution in [2.75, 3.05) is 0 Å². The van der Waals surface area contributed by atoms with Crippen LogP contribution in [0.15, 0.2) is 30.3 Å². The van der Waals surface area contributed by atoms with E-state index in [-0.39, 0.29) is 5.01 Å². The smallest absolute Gasteiger partial charge is 0.218 e. The number of para-hydroxylation sites is 1. The molecule has 0 fully saturated rings. The molecule has 1 aliphatic rings. The first-order valence-corrected chi connectivity index (χ1v) is 5.44. The minimum absolute atomic E-state index is 0.0850. The average molecular weight is 250 g/mol. The fraction of sp³-hybridized carbons (Fsp3) is 0.182. The van der Waals surface area contributed by atoms with Crippen LogP contribution in [0.25, 0.3) is 10.9 Å². The van der Waals surface area contributed by atoms with E-state index in [4.69, 9.17) is 4.74 Å². The Morgan fingerprint density at radius 2 is 2.21 bits per heavy atom. The molecule has 2 nitrogen and oxygen atoms in total. The zero-order chi connectivity index (χ0) is 9.54. The van der Waals surface area contributed by atoms with E-state index in [1.807, 2.05) is 18.2 Å². The summed E-state index contributed by atoms with van der Waals surface area (Å²) in [6.07, 6.45) is 0.896. The molecule has 0 radical (unpaired) electrons. The molecule has 3 rings (SSSR count). The maximum absolute atomic E-state index is 5.52. The fourth-order valence-corrected chi connectivity index (χ4v) is 2.25. The molecule has 1 aliphatic heterocycles. The number of rotatable bonds is 0. The van der Waals surface area contributed by atoms with Gasteiger partial charge in [-0.05, 0) is 28.1 Å². The first-order valence-electron chi connectivity index (χ1n) is 4.52. The van der Waals surface area contributed by atoms with Crippen molar-refractivity contribution in [1.82, 2.24) is 4.98 Å². The molecule has 70 valence electrons. The summed E-state index contributed by atoms with van der Waals surface area (Å²) in [5, 5.41) is 1.26. The van der Waals surface area contributed by atoms with E-state index in [0.29, 0.717) is 0 Å². The summed E-state index contributed by atoms with van der Waals surface area (Å²) in [4.78, 5) is 4.45. The van der Waals surface area contributed by atoms with Gasteiger partial charge < -0.3 is 4.74 Å². The number of nitrogens with zero attached hydrogens (tertiary/aromatic N) is 1. The van der Waals surface area contributed by atoms with Gasteiger partial charge in [0.2, 0.25) is 5.88 Å². The van der Waals surface area contributed by atoms with Crippen LogP contribution in [0.5, 0.6) is 5.88 Å². The summed E-state index contributed by atoms with van der Waals surface area (Å²) in [6, 6.07) is 10.2. The highest BCUT2D eigenvalue weighted by molar-refractivity contribution is 9.09. The molecule has 1 aromatic heterocycles. The number of hydrogen-bond acceptors (Lipinski definition) is 2. The van der Waals surface area contributed by atoms with Crippen LogP contribution >= 0.6 is 15.9 Å². The molecule has 14 heavy (non-hydrogen) atoms. The first kappa shape index (κ1) is 8.24. The fourth-order valence-electron chi connectivity index (χ4n) is 1.73. The molecule has 3 heteroatoms. The molecule has 0 spiro atoms. The molecule has 1 unspecified atom stereocenters. The van der Waals surface area contributed by atoms with E-state index in [1.165, 1.54) is 10.9 Å². The molecule has 2 aromatic rings. The Bertz CT molecular complexity index is 453. The minimum atomic E-state index is 0.0850. The van der Waals surface area contributed by atoms with Crippen molar-refractivity contribution >= 4 is 26.8 Å². The highest BCUT2D eigenvalue weighted by Crippen LogP contribution is 2.31. The Kier molecular flexibility index (Phi) is 1.74. The third-order valence-corrected chi connectivity index (χ3v) is 2.89. The van der Waals surface area contributed by atoms with Gasteiger partial charge in [0.1, 0.15) is 0 Å². The van der Waals surface area contributed by atoms with Crippen molar-refractivity contribution in [3.8, 4) is 5.88 Å². The highest BCUT2D eigenvalue weighted by Gasteiger charge is 2.21. The number of aromatic nitrogens is 1. The van der Waals surface area contributed by atoms with E-state index >= 15 is 0 Å². The standard InChI is InChI=1S/C11H8BrNO/c12-10-6-8-5-7-3-1-2-4-9(7)13-11(8)14-10/h1-5,10H,6H2. The van der Waals surface area contributed by atoms with Crippen LogP contribution < -0.4 is 4.74 Å². The second-order valence-electron chi connectivity index (χ2n) is 3.38. The lowest BCUT2D eigenvalue weighted by molar-refractivity contribution is 0.319. The molecule has 0 amide bonds. The Morgan fingerprint density at radius 1 is 1.36 bits per heavy atom. The summed E-state index contributed by atoms with van der Waals surface area (Å²) in [5.41, 5.74) is 2.18. The van der Waals surface area contributed by atoms with E-state index < -0.39 is 0 Å². The normalized spacial score (nSPS) is 19.4. The monoisotopic (exact) mass is 249 g/mol. The predicted molar refractivity (Wildman–Crippen MR) is 58.8 cm³/mol. The lowest BCUT2D eigenvalue weighted by Crippen LogP contribution is -2.00. The van der Waals surface area contributed by atoms with Crippen LogP contribution in [0, 0.1) is 0 Å².